The first kappa shape index (κ1) is 14.1. The highest BCUT2D eigenvalue weighted by Crippen LogP contribution is 2.19. The highest BCUT2D eigenvalue weighted by molar-refractivity contribution is 5.96. The largest absolute Gasteiger partial charge is 0.508 e. The highest BCUT2D eigenvalue weighted by atomic mass is 16.3. The van der Waals surface area contributed by atoms with Gasteiger partial charge < -0.3 is 15.7 Å². The third kappa shape index (κ3) is 3.36. The minimum absolute atomic E-state index is 0.124. The van der Waals surface area contributed by atoms with Crippen LogP contribution in [-0.4, -0.2) is 24.1 Å². The third-order valence-electron chi connectivity index (χ3n) is 3.16. The molecule has 4 nitrogen and oxygen atoms in total. The van der Waals surface area contributed by atoms with Crippen molar-refractivity contribution in [1.82, 2.24) is 0 Å². The molecule has 3 N–H and O–H groups in total. The summed E-state index contributed by atoms with van der Waals surface area (Å²) in [6.07, 6.45) is 0.489. The summed E-state index contributed by atoms with van der Waals surface area (Å²) in [6.45, 7) is 0. The van der Waals surface area contributed by atoms with Gasteiger partial charge >= 0.3 is 0 Å². The van der Waals surface area contributed by atoms with Crippen LogP contribution in [0.5, 0.6) is 5.75 Å². The van der Waals surface area contributed by atoms with Gasteiger partial charge in [-0.2, -0.15) is 0 Å². The highest BCUT2D eigenvalue weighted by Gasteiger charge is 2.19. The summed E-state index contributed by atoms with van der Waals surface area (Å²) in [5, 5.41) is 9.45. The summed E-state index contributed by atoms with van der Waals surface area (Å²) in [6, 6.07) is 15.6. The molecular formula is C16H18N2O2. The third-order valence-corrected chi connectivity index (χ3v) is 3.16. The van der Waals surface area contributed by atoms with Crippen molar-refractivity contribution in [1.29, 1.82) is 0 Å². The molecule has 1 atom stereocenters. The average Bonchev–Trinajstić information content (AvgIpc) is 2.46. The van der Waals surface area contributed by atoms with E-state index in [-0.39, 0.29) is 11.7 Å². The smallest absolute Gasteiger partial charge is 0.243 e. The van der Waals surface area contributed by atoms with Crippen LogP contribution in [0.15, 0.2) is 54.6 Å². The van der Waals surface area contributed by atoms with Crippen LogP contribution >= 0.6 is 0 Å². The molecule has 0 aromatic heterocycles. The predicted molar refractivity (Wildman–Crippen MR) is 79.6 cm³/mol. The number of phenolic OH excluding ortho intramolecular Hbond substituents is 1. The molecule has 0 radical (unpaired) electrons. The number of nitrogens with zero attached hydrogens (tertiary/aromatic N) is 1. The minimum atomic E-state index is -0.607. The van der Waals surface area contributed by atoms with Gasteiger partial charge in [-0.15, -0.1) is 0 Å². The van der Waals surface area contributed by atoms with Crippen molar-refractivity contribution in [2.75, 3.05) is 11.9 Å². The molecule has 0 spiro atoms. The van der Waals surface area contributed by atoms with Crippen molar-refractivity contribution in [2.24, 2.45) is 5.73 Å². The van der Waals surface area contributed by atoms with Crippen LogP contribution in [0.3, 0.4) is 0 Å². The van der Waals surface area contributed by atoms with Crippen molar-refractivity contribution in [3.8, 4) is 5.75 Å². The van der Waals surface area contributed by atoms with Gasteiger partial charge in [-0.05, 0) is 24.1 Å². The van der Waals surface area contributed by atoms with Crippen molar-refractivity contribution in [3.63, 3.8) is 0 Å². The minimum Gasteiger partial charge on any atom is -0.508 e. The Kier molecular flexibility index (Phi) is 4.38. The Balaban J connectivity index is 2.06. The normalized spacial score (nSPS) is 11.9. The number of carbonyl (C=O) groups is 1. The van der Waals surface area contributed by atoms with Gasteiger partial charge in [0.15, 0.2) is 0 Å². The maximum Gasteiger partial charge on any atom is 0.243 e. The fourth-order valence-electron chi connectivity index (χ4n) is 2.03. The van der Waals surface area contributed by atoms with Gasteiger partial charge in [-0.3, -0.25) is 4.79 Å². The standard InChI is InChI=1S/C16H18N2O2/c1-18(13-8-5-9-14(19)11-13)16(20)15(17)10-12-6-3-2-4-7-12/h2-9,11,15,19H,10,17H2,1H3/t15-/m0/s1. The number of amides is 1. The van der Waals surface area contributed by atoms with Gasteiger partial charge in [-0.25, -0.2) is 0 Å². The van der Waals surface area contributed by atoms with Crippen LogP contribution in [0.1, 0.15) is 5.56 Å². The molecular weight excluding hydrogens is 252 g/mol. The molecule has 20 heavy (non-hydrogen) atoms. The van der Waals surface area contributed by atoms with E-state index in [1.165, 1.54) is 11.0 Å². The second-order valence-electron chi connectivity index (χ2n) is 4.71. The van der Waals surface area contributed by atoms with E-state index in [1.54, 1.807) is 25.2 Å². The quantitative estimate of drug-likeness (QED) is 0.892. The van der Waals surface area contributed by atoms with Crippen LogP contribution in [-0.2, 0) is 11.2 Å². The van der Waals surface area contributed by atoms with E-state index in [0.717, 1.165) is 5.56 Å². The first-order valence-electron chi connectivity index (χ1n) is 6.44. The first-order chi connectivity index (χ1) is 9.58. The number of benzene rings is 2. The maximum atomic E-state index is 12.3. The molecule has 0 saturated carbocycles. The molecule has 4 heteroatoms. The van der Waals surface area contributed by atoms with Crippen molar-refractivity contribution >= 4 is 11.6 Å². The molecule has 0 fully saturated rings. The molecule has 0 unspecified atom stereocenters. The van der Waals surface area contributed by atoms with E-state index in [9.17, 15) is 9.90 Å². The lowest BCUT2D eigenvalue weighted by molar-refractivity contribution is -0.119. The summed E-state index contributed by atoms with van der Waals surface area (Å²) >= 11 is 0. The van der Waals surface area contributed by atoms with Gasteiger partial charge in [-0.1, -0.05) is 36.4 Å². The van der Waals surface area contributed by atoms with Crippen molar-refractivity contribution in [2.45, 2.75) is 12.5 Å². The maximum absolute atomic E-state index is 12.3. The van der Waals surface area contributed by atoms with Crippen molar-refractivity contribution < 1.29 is 9.90 Å². The average molecular weight is 270 g/mol. The summed E-state index contributed by atoms with van der Waals surface area (Å²) < 4.78 is 0. The lowest BCUT2D eigenvalue weighted by atomic mass is 10.1. The van der Waals surface area contributed by atoms with Crippen LogP contribution < -0.4 is 10.6 Å². The SMILES string of the molecule is CN(C(=O)[C@@H](N)Cc1ccccc1)c1cccc(O)c1. The van der Waals surface area contributed by atoms with Gasteiger partial charge in [0.2, 0.25) is 5.91 Å². The summed E-state index contributed by atoms with van der Waals surface area (Å²) in [5.74, 6) is -0.0572. The van der Waals surface area contributed by atoms with E-state index < -0.39 is 6.04 Å². The number of hydrogen-bond donors (Lipinski definition) is 2. The van der Waals surface area contributed by atoms with Crippen LogP contribution in [0.4, 0.5) is 5.69 Å². The molecule has 0 saturated heterocycles. The van der Waals surface area contributed by atoms with E-state index in [2.05, 4.69) is 0 Å². The second-order valence-corrected chi connectivity index (χ2v) is 4.71. The number of anilines is 1. The van der Waals surface area contributed by atoms with Crippen LogP contribution in [0, 0.1) is 0 Å². The zero-order valence-electron chi connectivity index (χ0n) is 11.4. The fraction of sp³-hybridized carbons (Fsp3) is 0.188. The monoisotopic (exact) mass is 270 g/mol. The number of nitrogens with two attached hydrogens (primary N) is 1. The van der Waals surface area contributed by atoms with Gasteiger partial charge in [0.25, 0.3) is 0 Å². The van der Waals surface area contributed by atoms with Gasteiger partial charge in [0.05, 0.1) is 6.04 Å². The molecule has 2 aromatic carbocycles. The van der Waals surface area contributed by atoms with E-state index in [0.29, 0.717) is 12.1 Å². The zero-order valence-corrected chi connectivity index (χ0v) is 11.4. The number of rotatable bonds is 4. The molecule has 104 valence electrons. The lowest BCUT2D eigenvalue weighted by Gasteiger charge is -2.21. The van der Waals surface area contributed by atoms with Crippen LogP contribution in [0.2, 0.25) is 0 Å². The fourth-order valence-corrected chi connectivity index (χ4v) is 2.03. The molecule has 2 aromatic rings. The Morgan fingerprint density at radius 1 is 1.20 bits per heavy atom. The molecule has 2 rings (SSSR count). The lowest BCUT2D eigenvalue weighted by Crippen LogP contribution is -2.43. The van der Waals surface area contributed by atoms with Crippen LogP contribution in [0.25, 0.3) is 0 Å². The number of carbonyl (C=O) groups excluding carboxylic acids is 1. The van der Waals surface area contributed by atoms with Gasteiger partial charge in [0.1, 0.15) is 5.75 Å². The molecule has 0 heterocycles. The summed E-state index contributed by atoms with van der Waals surface area (Å²) in [5.41, 5.74) is 7.62. The first-order valence-corrected chi connectivity index (χ1v) is 6.44. The van der Waals surface area contributed by atoms with E-state index in [4.69, 9.17) is 5.73 Å². The Bertz CT molecular complexity index is 584. The molecule has 0 aliphatic rings. The topological polar surface area (TPSA) is 66.6 Å². The number of likely N-dealkylation sites (N-methyl/N-ethyl adjacent to an activating group) is 1. The zero-order chi connectivity index (χ0) is 14.5. The Hall–Kier alpha value is -2.33. The molecule has 0 bridgehead atoms. The Morgan fingerprint density at radius 2 is 1.90 bits per heavy atom. The summed E-state index contributed by atoms with van der Waals surface area (Å²) in [4.78, 5) is 13.7. The summed E-state index contributed by atoms with van der Waals surface area (Å²) in [7, 11) is 1.65. The number of hydrogen-bond acceptors (Lipinski definition) is 3. The number of phenols is 1. The van der Waals surface area contributed by atoms with E-state index in [1.807, 2.05) is 30.3 Å². The van der Waals surface area contributed by atoms with E-state index >= 15 is 0 Å². The second kappa shape index (κ2) is 6.21. The van der Waals surface area contributed by atoms with Crippen molar-refractivity contribution in [3.05, 3.63) is 60.2 Å². The predicted octanol–water partition coefficient (Wildman–Crippen LogP) is 1.92. The molecule has 1 amide bonds. The molecule has 0 aliphatic heterocycles. The Labute approximate surface area is 118 Å². The molecule has 0 aliphatic carbocycles. The Morgan fingerprint density at radius 3 is 2.55 bits per heavy atom. The van der Waals surface area contributed by atoms with Gasteiger partial charge in [0, 0.05) is 18.8 Å². The number of aromatic hydroxyl groups is 1.